The molecule has 4 unspecified atom stereocenters. The Kier molecular flexibility index (Phi) is 1.68. The van der Waals surface area contributed by atoms with Crippen LogP contribution < -0.4 is 0 Å². The van der Waals surface area contributed by atoms with E-state index in [1.54, 1.807) is 0 Å². The van der Waals surface area contributed by atoms with Crippen LogP contribution in [0.1, 0.15) is 44.9 Å². The van der Waals surface area contributed by atoms with E-state index in [4.69, 9.17) is 4.74 Å². The second-order valence-electron chi connectivity index (χ2n) is 4.82. The molecule has 2 aliphatic carbocycles. The minimum absolute atomic E-state index is 0.683. The lowest BCUT2D eigenvalue weighted by Crippen LogP contribution is -2.25. The summed E-state index contributed by atoms with van der Waals surface area (Å²) in [7, 11) is 0. The maximum Gasteiger partial charge on any atom is 0.0842 e. The van der Waals surface area contributed by atoms with Gasteiger partial charge in [-0.3, -0.25) is 0 Å². The van der Waals surface area contributed by atoms with Gasteiger partial charge in [0.1, 0.15) is 0 Å². The van der Waals surface area contributed by atoms with E-state index in [1.165, 1.54) is 44.9 Å². The van der Waals surface area contributed by atoms with Crippen molar-refractivity contribution in [3.8, 4) is 0 Å². The molecule has 0 spiro atoms. The third-order valence-electron chi connectivity index (χ3n) is 4.15. The van der Waals surface area contributed by atoms with Crippen LogP contribution >= 0.6 is 0 Å². The molecule has 12 heavy (non-hydrogen) atoms. The fourth-order valence-electron chi connectivity index (χ4n) is 3.04. The van der Waals surface area contributed by atoms with Crippen LogP contribution in [0, 0.1) is 11.8 Å². The van der Waals surface area contributed by atoms with Gasteiger partial charge in [-0.25, -0.2) is 0 Å². The standard InChI is InChI=1S/C11H18O/c1-2-8-4-5-9(8)6-7-11-10(3-1)12-11/h8-11H,1-7H2. The minimum Gasteiger partial charge on any atom is -0.370 e. The molecule has 2 saturated carbocycles. The van der Waals surface area contributed by atoms with Gasteiger partial charge in [-0.1, -0.05) is 12.8 Å². The van der Waals surface area contributed by atoms with Crippen LogP contribution in [0.25, 0.3) is 0 Å². The van der Waals surface area contributed by atoms with Crippen molar-refractivity contribution in [3.05, 3.63) is 0 Å². The average molecular weight is 166 g/mol. The Morgan fingerprint density at radius 2 is 1.33 bits per heavy atom. The van der Waals surface area contributed by atoms with E-state index < -0.39 is 0 Å². The van der Waals surface area contributed by atoms with Gasteiger partial charge in [-0.15, -0.1) is 0 Å². The van der Waals surface area contributed by atoms with Crippen molar-refractivity contribution in [3.63, 3.8) is 0 Å². The van der Waals surface area contributed by atoms with E-state index in [2.05, 4.69) is 0 Å². The first-order valence-electron chi connectivity index (χ1n) is 5.59. The van der Waals surface area contributed by atoms with Crippen molar-refractivity contribution in [1.29, 1.82) is 0 Å². The van der Waals surface area contributed by atoms with Crippen LogP contribution in [0.2, 0.25) is 0 Å². The highest BCUT2D eigenvalue weighted by Gasteiger charge is 2.41. The topological polar surface area (TPSA) is 12.5 Å². The molecule has 3 aliphatic rings. The molecule has 1 aliphatic heterocycles. The largest absolute Gasteiger partial charge is 0.370 e. The summed E-state index contributed by atoms with van der Waals surface area (Å²) >= 11 is 0. The third-order valence-corrected chi connectivity index (χ3v) is 4.15. The molecule has 1 heteroatoms. The number of epoxide rings is 1. The van der Waals surface area contributed by atoms with Gasteiger partial charge in [0.15, 0.2) is 0 Å². The first-order valence-corrected chi connectivity index (χ1v) is 5.59. The first-order chi connectivity index (χ1) is 5.93. The van der Waals surface area contributed by atoms with Gasteiger partial charge in [0.05, 0.1) is 12.2 Å². The van der Waals surface area contributed by atoms with Gasteiger partial charge in [0.2, 0.25) is 0 Å². The molecule has 1 saturated heterocycles. The summed E-state index contributed by atoms with van der Waals surface area (Å²) in [5.41, 5.74) is 0. The van der Waals surface area contributed by atoms with Crippen LogP contribution in [-0.2, 0) is 4.74 Å². The third kappa shape index (κ3) is 1.19. The lowest BCUT2D eigenvalue weighted by Gasteiger charge is -2.36. The molecule has 4 atom stereocenters. The predicted octanol–water partition coefficient (Wildman–Crippen LogP) is 2.74. The maximum absolute atomic E-state index is 5.60. The molecule has 0 N–H and O–H groups in total. The smallest absolute Gasteiger partial charge is 0.0842 e. The normalized spacial score (nSPS) is 52.0. The molecule has 0 radical (unpaired) electrons. The molecule has 0 aromatic rings. The Balaban J connectivity index is 1.61. The zero-order valence-electron chi connectivity index (χ0n) is 7.67. The minimum atomic E-state index is 0.683. The van der Waals surface area contributed by atoms with Crippen molar-refractivity contribution in [2.75, 3.05) is 0 Å². The lowest BCUT2D eigenvalue weighted by atomic mass is 9.69. The highest BCUT2D eigenvalue weighted by Crippen LogP contribution is 2.45. The quantitative estimate of drug-likeness (QED) is 0.504. The van der Waals surface area contributed by atoms with Crippen LogP contribution in [-0.4, -0.2) is 12.2 Å². The molecular weight excluding hydrogens is 148 g/mol. The zero-order chi connectivity index (χ0) is 7.97. The summed E-state index contributed by atoms with van der Waals surface area (Å²) < 4.78 is 5.60. The highest BCUT2D eigenvalue weighted by atomic mass is 16.6. The fourth-order valence-corrected chi connectivity index (χ4v) is 3.04. The van der Waals surface area contributed by atoms with E-state index in [0.29, 0.717) is 12.2 Å². The van der Waals surface area contributed by atoms with E-state index in [1.807, 2.05) is 0 Å². The summed E-state index contributed by atoms with van der Waals surface area (Å²) in [6.45, 7) is 0. The van der Waals surface area contributed by atoms with E-state index in [-0.39, 0.29) is 0 Å². The summed E-state index contributed by atoms with van der Waals surface area (Å²) in [6, 6.07) is 0. The number of hydrogen-bond acceptors (Lipinski definition) is 1. The molecule has 0 aromatic heterocycles. The Hall–Kier alpha value is -0.0400. The van der Waals surface area contributed by atoms with E-state index in [9.17, 15) is 0 Å². The first kappa shape index (κ1) is 7.37. The number of hydrogen-bond donors (Lipinski definition) is 0. The second kappa shape index (κ2) is 2.73. The summed E-state index contributed by atoms with van der Waals surface area (Å²) in [5, 5.41) is 0. The molecule has 3 rings (SSSR count). The lowest BCUT2D eigenvalue weighted by molar-refractivity contribution is 0.141. The predicted molar refractivity (Wildman–Crippen MR) is 48.0 cm³/mol. The van der Waals surface area contributed by atoms with Crippen LogP contribution in [0.15, 0.2) is 0 Å². The summed E-state index contributed by atoms with van der Waals surface area (Å²) in [5.74, 6) is 2.20. The monoisotopic (exact) mass is 166 g/mol. The van der Waals surface area contributed by atoms with Crippen molar-refractivity contribution in [2.45, 2.75) is 57.2 Å². The van der Waals surface area contributed by atoms with Gasteiger partial charge in [0, 0.05) is 0 Å². The number of ether oxygens (including phenoxy) is 1. The van der Waals surface area contributed by atoms with E-state index in [0.717, 1.165) is 11.8 Å². The summed E-state index contributed by atoms with van der Waals surface area (Å²) in [4.78, 5) is 0. The van der Waals surface area contributed by atoms with Gasteiger partial charge < -0.3 is 4.74 Å². The van der Waals surface area contributed by atoms with Crippen molar-refractivity contribution >= 4 is 0 Å². The molecule has 1 nitrogen and oxygen atoms in total. The van der Waals surface area contributed by atoms with Gasteiger partial charge in [0.25, 0.3) is 0 Å². The number of fused-ring (bicyclic) bond motifs is 2. The van der Waals surface area contributed by atoms with Crippen LogP contribution in [0.3, 0.4) is 0 Å². The Morgan fingerprint density at radius 1 is 0.667 bits per heavy atom. The molecule has 3 fully saturated rings. The number of rotatable bonds is 0. The van der Waals surface area contributed by atoms with Gasteiger partial charge in [-0.2, -0.15) is 0 Å². The molecule has 68 valence electrons. The second-order valence-corrected chi connectivity index (χ2v) is 4.82. The van der Waals surface area contributed by atoms with Crippen molar-refractivity contribution < 1.29 is 4.74 Å². The SMILES string of the molecule is C1CC2CCC2CCC2OC2C1. The Morgan fingerprint density at radius 3 is 2.17 bits per heavy atom. The van der Waals surface area contributed by atoms with Gasteiger partial charge >= 0.3 is 0 Å². The fraction of sp³-hybridized carbons (Fsp3) is 1.00. The Bertz CT molecular complexity index is 178. The maximum atomic E-state index is 5.60. The molecule has 0 amide bonds. The highest BCUT2D eigenvalue weighted by molar-refractivity contribution is 4.90. The zero-order valence-corrected chi connectivity index (χ0v) is 7.67. The molecule has 1 heterocycles. The summed E-state index contributed by atoms with van der Waals surface area (Å²) in [6.07, 6.45) is 11.5. The van der Waals surface area contributed by atoms with Crippen molar-refractivity contribution in [2.24, 2.45) is 11.8 Å². The van der Waals surface area contributed by atoms with Gasteiger partial charge in [-0.05, 0) is 43.9 Å². The molecular formula is C11H18O. The van der Waals surface area contributed by atoms with Crippen LogP contribution in [0.5, 0.6) is 0 Å². The van der Waals surface area contributed by atoms with Crippen LogP contribution in [0.4, 0.5) is 0 Å². The van der Waals surface area contributed by atoms with Crippen molar-refractivity contribution in [1.82, 2.24) is 0 Å². The van der Waals surface area contributed by atoms with E-state index >= 15 is 0 Å². The average Bonchev–Trinajstić information content (AvgIpc) is 2.74. The molecule has 0 bridgehead atoms. The molecule has 0 aromatic carbocycles. The Labute approximate surface area is 74.5 Å².